The lowest BCUT2D eigenvalue weighted by Gasteiger charge is -2.17. The molecule has 7 heteroatoms. The molecule has 0 aromatic heterocycles. The maximum absolute atomic E-state index is 11.3. The van der Waals surface area contributed by atoms with Crippen molar-refractivity contribution in [1.82, 2.24) is 5.32 Å². The van der Waals surface area contributed by atoms with Crippen LogP contribution in [0.25, 0.3) is 0 Å². The fraction of sp³-hybridized carbons (Fsp3) is 0.462. The lowest BCUT2D eigenvalue weighted by atomic mass is 10.1. The van der Waals surface area contributed by atoms with Crippen LogP contribution in [0.2, 0.25) is 0 Å². The summed E-state index contributed by atoms with van der Waals surface area (Å²) < 4.78 is 5.42. The quantitative estimate of drug-likeness (QED) is 0.604. The molecule has 1 aliphatic heterocycles. The molecule has 2 rings (SSSR count). The van der Waals surface area contributed by atoms with E-state index in [-0.39, 0.29) is 11.8 Å². The zero-order chi connectivity index (χ0) is 14.5. The number of nitrogens with zero attached hydrogens (tertiary/aromatic N) is 1. The van der Waals surface area contributed by atoms with Gasteiger partial charge in [0.05, 0.1) is 11.0 Å². The molecule has 0 spiro atoms. The summed E-state index contributed by atoms with van der Waals surface area (Å²) in [5.41, 5.74) is 0.429. The molecule has 0 saturated carbocycles. The van der Waals surface area contributed by atoms with E-state index in [4.69, 9.17) is 4.74 Å². The van der Waals surface area contributed by atoms with Crippen molar-refractivity contribution in [2.24, 2.45) is 0 Å². The largest absolute Gasteiger partial charge is 0.480 e. The second-order valence-electron chi connectivity index (χ2n) is 4.66. The van der Waals surface area contributed by atoms with Gasteiger partial charge >= 0.3 is 5.97 Å². The van der Waals surface area contributed by atoms with E-state index in [1.54, 1.807) is 0 Å². The van der Waals surface area contributed by atoms with Gasteiger partial charge in [-0.1, -0.05) is 12.1 Å². The number of non-ortho nitro benzene ring substituents is 1. The van der Waals surface area contributed by atoms with Crippen LogP contribution in [-0.2, 0) is 9.53 Å². The summed E-state index contributed by atoms with van der Waals surface area (Å²) in [6, 6.07) is 4.64. The van der Waals surface area contributed by atoms with Gasteiger partial charge in [-0.05, 0) is 18.4 Å². The zero-order valence-corrected chi connectivity index (χ0v) is 10.8. The highest BCUT2D eigenvalue weighted by molar-refractivity contribution is 5.75. The molecule has 1 heterocycles. The van der Waals surface area contributed by atoms with E-state index in [1.165, 1.54) is 24.3 Å². The number of aliphatic carboxylic acids is 1. The van der Waals surface area contributed by atoms with Crippen LogP contribution in [0.4, 0.5) is 5.69 Å². The van der Waals surface area contributed by atoms with Crippen molar-refractivity contribution in [3.8, 4) is 0 Å². The molecule has 1 aromatic carbocycles. The van der Waals surface area contributed by atoms with E-state index < -0.39 is 16.9 Å². The van der Waals surface area contributed by atoms with Gasteiger partial charge in [-0.3, -0.25) is 20.2 Å². The first-order valence-corrected chi connectivity index (χ1v) is 6.40. The molecule has 2 unspecified atom stereocenters. The van der Waals surface area contributed by atoms with Crippen LogP contribution in [0.15, 0.2) is 24.3 Å². The van der Waals surface area contributed by atoms with Gasteiger partial charge in [0.2, 0.25) is 0 Å². The van der Waals surface area contributed by atoms with Gasteiger partial charge in [-0.2, -0.15) is 0 Å². The molecule has 0 bridgehead atoms. The van der Waals surface area contributed by atoms with E-state index in [9.17, 15) is 20.0 Å². The van der Waals surface area contributed by atoms with Crippen molar-refractivity contribution in [3.05, 3.63) is 39.9 Å². The molecule has 2 N–H and O–H groups in total. The van der Waals surface area contributed by atoms with Gasteiger partial charge in [-0.15, -0.1) is 0 Å². The summed E-state index contributed by atoms with van der Waals surface area (Å²) in [4.78, 5) is 21.3. The Morgan fingerprint density at radius 2 is 2.20 bits per heavy atom. The van der Waals surface area contributed by atoms with Gasteiger partial charge in [0.1, 0.15) is 6.04 Å². The minimum Gasteiger partial charge on any atom is -0.480 e. The van der Waals surface area contributed by atoms with Crippen LogP contribution in [0, 0.1) is 10.1 Å². The first-order chi connectivity index (χ1) is 9.58. The number of nitro groups is 1. The third kappa shape index (κ3) is 3.52. The number of nitro benzene ring substituents is 1. The van der Waals surface area contributed by atoms with Crippen molar-refractivity contribution < 1.29 is 19.6 Å². The number of rotatable bonds is 6. The van der Waals surface area contributed by atoms with Crippen molar-refractivity contribution >= 4 is 11.7 Å². The predicted octanol–water partition coefficient (Wildman–Crippen LogP) is 1.49. The minimum atomic E-state index is -1.02. The number of hydrogen-bond acceptors (Lipinski definition) is 5. The van der Waals surface area contributed by atoms with Crippen molar-refractivity contribution in [2.45, 2.75) is 25.0 Å². The summed E-state index contributed by atoms with van der Waals surface area (Å²) in [6.07, 6.45) is 1.94. The molecule has 0 amide bonds. The number of carboxylic acid groups (broad SMARTS) is 1. The molecule has 1 saturated heterocycles. The summed E-state index contributed by atoms with van der Waals surface area (Å²) >= 11 is 0. The average Bonchev–Trinajstić information content (AvgIpc) is 2.92. The lowest BCUT2D eigenvalue weighted by molar-refractivity contribution is -0.384. The second-order valence-corrected chi connectivity index (χ2v) is 4.66. The van der Waals surface area contributed by atoms with Crippen molar-refractivity contribution in [2.75, 3.05) is 13.2 Å². The van der Waals surface area contributed by atoms with Crippen LogP contribution in [0.1, 0.15) is 24.4 Å². The van der Waals surface area contributed by atoms with E-state index >= 15 is 0 Å². The molecular formula is C13H16N2O5. The highest BCUT2D eigenvalue weighted by Gasteiger charge is 2.23. The van der Waals surface area contributed by atoms with E-state index in [0.29, 0.717) is 18.7 Å². The van der Waals surface area contributed by atoms with Gasteiger partial charge in [0.15, 0.2) is 0 Å². The Kier molecular flexibility index (Phi) is 4.65. The molecule has 108 valence electrons. The van der Waals surface area contributed by atoms with Gasteiger partial charge in [-0.25, -0.2) is 0 Å². The number of nitrogens with one attached hydrogen (secondary N) is 1. The lowest BCUT2D eigenvalue weighted by Crippen LogP contribution is -2.34. The van der Waals surface area contributed by atoms with Crippen LogP contribution in [-0.4, -0.2) is 35.3 Å². The minimum absolute atomic E-state index is 0.0369. The van der Waals surface area contributed by atoms with Crippen molar-refractivity contribution in [3.63, 3.8) is 0 Å². The number of hydrogen-bond donors (Lipinski definition) is 2. The third-order valence-corrected chi connectivity index (χ3v) is 3.26. The Morgan fingerprint density at radius 1 is 1.50 bits per heavy atom. The van der Waals surface area contributed by atoms with Gasteiger partial charge < -0.3 is 9.84 Å². The van der Waals surface area contributed by atoms with Gasteiger partial charge in [0.25, 0.3) is 5.69 Å². The van der Waals surface area contributed by atoms with E-state index in [2.05, 4.69) is 5.32 Å². The number of carboxylic acids is 1. The maximum atomic E-state index is 11.3. The number of benzene rings is 1. The molecule has 1 aliphatic rings. The topological polar surface area (TPSA) is 102 Å². The molecule has 20 heavy (non-hydrogen) atoms. The van der Waals surface area contributed by atoms with Crippen LogP contribution >= 0.6 is 0 Å². The fourth-order valence-corrected chi connectivity index (χ4v) is 2.19. The van der Waals surface area contributed by atoms with Crippen molar-refractivity contribution in [1.29, 1.82) is 0 Å². The number of ether oxygens (including phenoxy) is 1. The fourth-order valence-electron chi connectivity index (χ4n) is 2.19. The second kappa shape index (κ2) is 6.44. The molecule has 2 atom stereocenters. The Bertz CT molecular complexity index is 482. The van der Waals surface area contributed by atoms with E-state index in [1.807, 2.05) is 0 Å². The van der Waals surface area contributed by atoms with Crippen LogP contribution in [0.3, 0.4) is 0 Å². The highest BCUT2D eigenvalue weighted by Crippen LogP contribution is 2.19. The third-order valence-electron chi connectivity index (χ3n) is 3.26. The zero-order valence-electron chi connectivity index (χ0n) is 10.8. The first kappa shape index (κ1) is 14.4. The Morgan fingerprint density at radius 3 is 2.70 bits per heavy atom. The van der Waals surface area contributed by atoms with E-state index in [0.717, 1.165) is 12.8 Å². The normalized spacial score (nSPS) is 19.7. The smallest absolute Gasteiger partial charge is 0.325 e. The Hall–Kier alpha value is -1.99. The molecule has 1 aromatic rings. The summed E-state index contributed by atoms with van der Waals surface area (Å²) in [5.74, 6) is -1.02. The molecular weight excluding hydrogens is 264 g/mol. The maximum Gasteiger partial charge on any atom is 0.325 e. The first-order valence-electron chi connectivity index (χ1n) is 6.40. The summed E-state index contributed by atoms with van der Waals surface area (Å²) in [7, 11) is 0. The Balaban J connectivity index is 2.03. The Labute approximate surface area is 115 Å². The predicted molar refractivity (Wildman–Crippen MR) is 70.4 cm³/mol. The highest BCUT2D eigenvalue weighted by atomic mass is 16.6. The monoisotopic (exact) mass is 280 g/mol. The number of carbonyl (C=O) groups is 1. The van der Waals surface area contributed by atoms with Crippen LogP contribution < -0.4 is 5.32 Å². The van der Waals surface area contributed by atoms with Crippen LogP contribution in [0.5, 0.6) is 0 Å². The summed E-state index contributed by atoms with van der Waals surface area (Å²) in [5, 5.41) is 22.7. The summed E-state index contributed by atoms with van der Waals surface area (Å²) in [6.45, 7) is 1.16. The average molecular weight is 280 g/mol. The molecule has 0 radical (unpaired) electrons. The standard InChI is InChI=1S/C13H16N2O5/c16-13(17)12(14-8-11-2-1-7-20-11)9-3-5-10(6-4-9)15(18)19/h3-6,11-12,14H,1-2,7-8H2,(H,16,17). The molecule has 1 fully saturated rings. The SMILES string of the molecule is O=C(O)C(NCC1CCCO1)c1ccc([N+](=O)[O-])cc1. The van der Waals surface area contributed by atoms with Gasteiger partial charge in [0, 0.05) is 25.3 Å². The molecule has 7 nitrogen and oxygen atoms in total. The molecule has 0 aliphatic carbocycles.